The number of sulfonamides is 1. The van der Waals surface area contributed by atoms with Gasteiger partial charge in [0.15, 0.2) is 0 Å². The lowest BCUT2D eigenvalue weighted by atomic mass is 9.95. The maximum absolute atomic E-state index is 13.9. The first-order chi connectivity index (χ1) is 18.3. The van der Waals surface area contributed by atoms with Crippen molar-refractivity contribution in [3.63, 3.8) is 0 Å². The third-order valence-electron chi connectivity index (χ3n) is 7.60. The topological polar surface area (TPSA) is 90.9 Å². The van der Waals surface area contributed by atoms with Gasteiger partial charge in [0.25, 0.3) is 0 Å². The first-order valence-corrected chi connectivity index (χ1v) is 14.9. The van der Waals surface area contributed by atoms with Crippen molar-refractivity contribution in [2.75, 3.05) is 63.9 Å². The van der Waals surface area contributed by atoms with Gasteiger partial charge in [-0.05, 0) is 38.3 Å². The summed E-state index contributed by atoms with van der Waals surface area (Å²) in [5.74, 6) is 0.107. The van der Waals surface area contributed by atoms with Crippen LogP contribution in [0.4, 0.5) is 30.5 Å². The fraction of sp³-hybridized carbons (Fsp3) is 0.600. The second-order valence-corrected chi connectivity index (χ2v) is 12.7. The molecule has 216 valence electrons. The molecule has 1 saturated carbocycles. The number of halogens is 4. The molecule has 2 atom stereocenters. The Labute approximate surface area is 232 Å². The third kappa shape index (κ3) is 6.87. The number of nitrogens with zero attached hydrogens (tertiary/aromatic N) is 5. The van der Waals surface area contributed by atoms with Gasteiger partial charge < -0.3 is 19.9 Å². The molecular formula is C25H34ClF3N6O3S. The summed E-state index contributed by atoms with van der Waals surface area (Å²) in [4.78, 5) is 12.6. The standard InChI is InChI=1S/C25H34ClF3N6O3S/c1-33-8-10-35(11-9-33)22-14-23(38-3)20(13-18(22)26)32-24-30-15-17(25(27,28)29)19(31-24)12-16-6-5-7-21(16)34(2)39(4,36)37/h13-16,21H,5-12H2,1-4H3,(H,30,31,32)/t16-,21+/m0/s1. The molecular weight excluding hydrogens is 557 g/mol. The molecule has 9 nitrogen and oxygen atoms in total. The average Bonchev–Trinajstić information content (AvgIpc) is 3.31. The second-order valence-electron chi connectivity index (χ2n) is 10.2. The number of aromatic nitrogens is 2. The monoisotopic (exact) mass is 590 g/mol. The van der Waals surface area contributed by atoms with E-state index >= 15 is 0 Å². The van der Waals surface area contributed by atoms with E-state index in [1.54, 1.807) is 12.1 Å². The van der Waals surface area contributed by atoms with Gasteiger partial charge in [-0.25, -0.2) is 22.7 Å². The Morgan fingerprint density at radius 3 is 2.51 bits per heavy atom. The van der Waals surface area contributed by atoms with E-state index < -0.39 is 27.8 Å². The molecule has 1 aromatic carbocycles. The Balaban J connectivity index is 1.62. The summed E-state index contributed by atoms with van der Waals surface area (Å²) < 4.78 is 72.7. The molecule has 1 aliphatic heterocycles. The number of anilines is 3. The number of piperazine rings is 1. The van der Waals surface area contributed by atoms with Crippen LogP contribution in [0, 0.1) is 5.92 Å². The van der Waals surface area contributed by atoms with Crippen LogP contribution in [0.25, 0.3) is 0 Å². The largest absolute Gasteiger partial charge is 0.494 e. The smallest absolute Gasteiger partial charge is 0.419 e. The Morgan fingerprint density at radius 1 is 1.21 bits per heavy atom. The van der Waals surface area contributed by atoms with Crippen LogP contribution in [0.3, 0.4) is 0 Å². The van der Waals surface area contributed by atoms with E-state index in [1.807, 2.05) is 0 Å². The molecule has 1 aromatic heterocycles. The zero-order valence-corrected chi connectivity index (χ0v) is 24.0. The number of ether oxygens (including phenoxy) is 1. The summed E-state index contributed by atoms with van der Waals surface area (Å²) in [6, 6.07) is 3.06. The molecule has 4 rings (SSSR count). The summed E-state index contributed by atoms with van der Waals surface area (Å²) in [7, 11) is 1.54. The minimum Gasteiger partial charge on any atom is -0.494 e. The van der Waals surface area contributed by atoms with Gasteiger partial charge >= 0.3 is 6.18 Å². The molecule has 2 fully saturated rings. The zero-order chi connectivity index (χ0) is 28.5. The number of hydrogen-bond donors (Lipinski definition) is 1. The third-order valence-corrected chi connectivity index (χ3v) is 9.22. The van der Waals surface area contributed by atoms with Gasteiger partial charge in [0.2, 0.25) is 16.0 Å². The van der Waals surface area contributed by atoms with E-state index in [0.717, 1.165) is 50.7 Å². The van der Waals surface area contributed by atoms with Crippen molar-refractivity contribution < 1.29 is 26.3 Å². The van der Waals surface area contributed by atoms with Crippen molar-refractivity contribution in [3.05, 3.63) is 34.6 Å². The van der Waals surface area contributed by atoms with Crippen molar-refractivity contribution in [2.24, 2.45) is 5.92 Å². The summed E-state index contributed by atoms with van der Waals surface area (Å²) in [6.45, 7) is 3.38. The lowest BCUT2D eigenvalue weighted by Gasteiger charge is -2.34. The van der Waals surface area contributed by atoms with E-state index in [4.69, 9.17) is 16.3 Å². The first kappa shape index (κ1) is 29.6. The molecule has 39 heavy (non-hydrogen) atoms. The minimum atomic E-state index is -4.66. The van der Waals surface area contributed by atoms with Crippen molar-refractivity contribution in [1.82, 2.24) is 19.2 Å². The van der Waals surface area contributed by atoms with E-state index in [9.17, 15) is 21.6 Å². The van der Waals surface area contributed by atoms with Crippen LogP contribution in [-0.4, -0.2) is 87.3 Å². The molecule has 2 heterocycles. The second kappa shape index (κ2) is 11.6. The lowest BCUT2D eigenvalue weighted by Crippen LogP contribution is -2.44. The van der Waals surface area contributed by atoms with Gasteiger partial charge in [0, 0.05) is 51.5 Å². The molecule has 0 amide bonds. The Kier molecular flexibility index (Phi) is 8.84. The van der Waals surface area contributed by atoms with E-state index in [1.165, 1.54) is 18.5 Å². The van der Waals surface area contributed by atoms with Crippen LogP contribution >= 0.6 is 11.6 Å². The van der Waals surface area contributed by atoms with Crippen molar-refractivity contribution >= 4 is 38.9 Å². The highest BCUT2D eigenvalue weighted by atomic mass is 35.5. The van der Waals surface area contributed by atoms with Crippen LogP contribution in [0.1, 0.15) is 30.5 Å². The number of hydrogen-bond acceptors (Lipinski definition) is 8. The fourth-order valence-corrected chi connectivity index (χ4v) is 6.37. The van der Waals surface area contributed by atoms with Crippen LogP contribution in [-0.2, 0) is 22.6 Å². The maximum Gasteiger partial charge on any atom is 0.419 e. The van der Waals surface area contributed by atoms with Crippen LogP contribution in [0.15, 0.2) is 18.3 Å². The van der Waals surface area contributed by atoms with E-state index in [-0.39, 0.29) is 24.0 Å². The highest BCUT2D eigenvalue weighted by Crippen LogP contribution is 2.40. The maximum atomic E-state index is 13.9. The average molecular weight is 591 g/mol. The normalized spacial score (nSPS) is 21.0. The van der Waals surface area contributed by atoms with Gasteiger partial charge in [-0.3, -0.25) is 0 Å². The molecule has 0 spiro atoms. The molecule has 2 aromatic rings. The summed E-state index contributed by atoms with van der Waals surface area (Å²) in [5, 5.41) is 3.44. The van der Waals surface area contributed by atoms with Crippen LogP contribution in [0.5, 0.6) is 5.75 Å². The van der Waals surface area contributed by atoms with Crippen molar-refractivity contribution in [2.45, 2.75) is 37.9 Å². The highest BCUT2D eigenvalue weighted by Gasteiger charge is 2.39. The Morgan fingerprint density at radius 2 is 1.90 bits per heavy atom. The zero-order valence-electron chi connectivity index (χ0n) is 22.4. The molecule has 14 heteroatoms. The SMILES string of the molecule is COc1cc(N2CCN(C)CC2)c(Cl)cc1Nc1ncc(C(F)(F)F)c(C[C@@H]2CCC[C@H]2N(C)S(C)(=O)=O)n1. The summed E-state index contributed by atoms with van der Waals surface area (Å²) in [6.07, 6.45) is -0.910. The first-order valence-electron chi connectivity index (χ1n) is 12.7. The van der Waals surface area contributed by atoms with Gasteiger partial charge in [0.05, 0.1) is 41.0 Å². The number of likely N-dealkylation sites (N-methyl/N-ethyl adjacent to an activating group) is 1. The number of methoxy groups -OCH3 is 1. The Hall–Kier alpha value is -2.35. The van der Waals surface area contributed by atoms with Gasteiger partial charge in [-0.1, -0.05) is 18.0 Å². The quantitative estimate of drug-likeness (QED) is 0.488. The van der Waals surface area contributed by atoms with E-state index in [2.05, 4.69) is 32.1 Å². The Bertz CT molecular complexity index is 1290. The number of nitrogens with one attached hydrogen (secondary N) is 1. The summed E-state index contributed by atoms with van der Waals surface area (Å²) >= 11 is 6.61. The fourth-order valence-electron chi connectivity index (χ4n) is 5.32. The van der Waals surface area contributed by atoms with Crippen molar-refractivity contribution in [1.29, 1.82) is 0 Å². The molecule has 1 aliphatic carbocycles. The molecule has 1 N–H and O–H groups in total. The predicted octanol–water partition coefficient (Wildman–Crippen LogP) is 4.26. The van der Waals surface area contributed by atoms with Gasteiger partial charge in [-0.2, -0.15) is 13.2 Å². The van der Waals surface area contributed by atoms with Crippen molar-refractivity contribution in [3.8, 4) is 5.75 Å². The molecule has 0 radical (unpaired) electrons. The predicted molar refractivity (Wildman–Crippen MR) is 145 cm³/mol. The minimum absolute atomic E-state index is 0.0309. The summed E-state index contributed by atoms with van der Waals surface area (Å²) in [5.41, 5.74) is 0.110. The highest BCUT2D eigenvalue weighted by molar-refractivity contribution is 7.88. The molecule has 0 bridgehead atoms. The molecule has 0 unspecified atom stereocenters. The number of alkyl halides is 3. The molecule has 1 saturated heterocycles. The van der Waals surface area contributed by atoms with Gasteiger partial charge in [0.1, 0.15) is 5.75 Å². The number of benzene rings is 1. The number of rotatable bonds is 8. The van der Waals surface area contributed by atoms with Crippen LogP contribution < -0.4 is 15.0 Å². The van der Waals surface area contributed by atoms with Gasteiger partial charge in [-0.15, -0.1) is 0 Å². The lowest BCUT2D eigenvalue weighted by molar-refractivity contribution is -0.138. The van der Waals surface area contributed by atoms with Crippen LogP contribution in [0.2, 0.25) is 5.02 Å². The van der Waals surface area contributed by atoms with E-state index in [0.29, 0.717) is 29.3 Å². The molecule has 2 aliphatic rings.